The Bertz CT molecular complexity index is 602. The highest BCUT2D eigenvalue weighted by molar-refractivity contribution is 5.93. The molecule has 5 heteroatoms. The molecule has 0 aliphatic carbocycles. The first-order chi connectivity index (χ1) is 10.1. The van der Waals surface area contributed by atoms with Crippen LogP contribution in [0.25, 0.3) is 11.3 Å². The predicted molar refractivity (Wildman–Crippen MR) is 80.3 cm³/mol. The van der Waals surface area contributed by atoms with Gasteiger partial charge in [-0.15, -0.1) is 0 Å². The van der Waals surface area contributed by atoms with Gasteiger partial charge in [-0.2, -0.15) is 0 Å². The fraction of sp³-hybridized carbons (Fsp3) is 0.375. The van der Waals surface area contributed by atoms with Gasteiger partial charge in [-0.25, -0.2) is 0 Å². The zero-order chi connectivity index (χ0) is 15.4. The highest BCUT2D eigenvalue weighted by Gasteiger charge is 2.21. The fourth-order valence-corrected chi connectivity index (χ4v) is 2.16. The lowest BCUT2D eigenvalue weighted by molar-refractivity contribution is 0.0706. The zero-order valence-corrected chi connectivity index (χ0v) is 12.8. The lowest BCUT2D eigenvalue weighted by atomic mass is 10.1. The van der Waals surface area contributed by atoms with Crippen molar-refractivity contribution in [2.45, 2.75) is 26.8 Å². The van der Waals surface area contributed by atoms with Crippen LogP contribution in [0.2, 0.25) is 0 Å². The molecule has 2 aromatic rings. The topological polar surface area (TPSA) is 55.6 Å². The minimum atomic E-state index is -0.115. The number of benzene rings is 1. The number of carbonyl (C=O) groups is 1. The monoisotopic (exact) mass is 288 g/mol. The molecular formula is C16H20N2O3. The van der Waals surface area contributed by atoms with Crippen molar-refractivity contribution in [3.05, 3.63) is 36.0 Å². The Morgan fingerprint density at radius 1 is 1.33 bits per heavy atom. The molecular weight excluding hydrogens is 268 g/mol. The predicted octanol–water partition coefficient (Wildman–Crippen LogP) is 3.22. The van der Waals surface area contributed by atoms with Crippen LogP contribution >= 0.6 is 0 Å². The van der Waals surface area contributed by atoms with Crippen LogP contribution in [-0.4, -0.2) is 35.7 Å². The van der Waals surface area contributed by atoms with E-state index in [0.717, 1.165) is 11.3 Å². The van der Waals surface area contributed by atoms with E-state index in [1.807, 2.05) is 45.0 Å². The van der Waals surface area contributed by atoms with Gasteiger partial charge in [0.25, 0.3) is 5.91 Å². The van der Waals surface area contributed by atoms with Crippen molar-refractivity contribution in [1.29, 1.82) is 0 Å². The molecule has 1 heterocycles. The van der Waals surface area contributed by atoms with E-state index in [9.17, 15) is 4.79 Å². The number of ether oxygens (including phenoxy) is 1. The van der Waals surface area contributed by atoms with Gasteiger partial charge in [-0.1, -0.05) is 5.16 Å². The van der Waals surface area contributed by atoms with E-state index in [0.29, 0.717) is 18.0 Å². The summed E-state index contributed by atoms with van der Waals surface area (Å²) < 4.78 is 10.4. The third kappa shape index (κ3) is 3.24. The van der Waals surface area contributed by atoms with E-state index in [1.165, 1.54) is 0 Å². The number of methoxy groups -OCH3 is 1. The normalized spacial score (nSPS) is 10.7. The Hall–Kier alpha value is -2.30. The van der Waals surface area contributed by atoms with Crippen LogP contribution in [0.3, 0.4) is 0 Å². The molecule has 0 unspecified atom stereocenters. The molecule has 0 spiro atoms. The molecule has 0 atom stereocenters. The second-order valence-electron chi connectivity index (χ2n) is 4.99. The molecule has 0 bridgehead atoms. The van der Waals surface area contributed by atoms with Crippen molar-refractivity contribution in [3.63, 3.8) is 0 Å². The number of amides is 1. The number of nitrogens with zero attached hydrogens (tertiary/aromatic N) is 2. The molecule has 0 fully saturated rings. The molecule has 0 aliphatic rings. The van der Waals surface area contributed by atoms with Crippen LogP contribution in [0.1, 0.15) is 31.3 Å². The summed E-state index contributed by atoms with van der Waals surface area (Å²) in [5.74, 6) is 1.23. The first kappa shape index (κ1) is 15.1. The van der Waals surface area contributed by atoms with Crippen molar-refractivity contribution < 1.29 is 14.1 Å². The summed E-state index contributed by atoms with van der Waals surface area (Å²) in [4.78, 5) is 14.1. The summed E-state index contributed by atoms with van der Waals surface area (Å²) in [6.45, 7) is 6.54. The van der Waals surface area contributed by atoms with Crippen LogP contribution in [0.4, 0.5) is 0 Å². The van der Waals surface area contributed by atoms with Gasteiger partial charge in [0, 0.05) is 24.2 Å². The molecule has 1 aromatic heterocycles. The van der Waals surface area contributed by atoms with Crippen molar-refractivity contribution in [1.82, 2.24) is 10.1 Å². The van der Waals surface area contributed by atoms with Crippen molar-refractivity contribution in [2.75, 3.05) is 13.7 Å². The molecule has 21 heavy (non-hydrogen) atoms. The van der Waals surface area contributed by atoms with Crippen molar-refractivity contribution in [3.8, 4) is 17.1 Å². The summed E-state index contributed by atoms with van der Waals surface area (Å²) in [5, 5.41) is 3.89. The maximum absolute atomic E-state index is 12.3. The minimum Gasteiger partial charge on any atom is -0.497 e. The molecule has 0 N–H and O–H groups in total. The number of carbonyl (C=O) groups excluding carboxylic acids is 1. The number of hydrogen-bond acceptors (Lipinski definition) is 4. The SMILES string of the molecule is CCN(C(=O)c1cc(-c2ccc(OC)cc2)on1)C(C)C. The maximum atomic E-state index is 12.3. The fourth-order valence-electron chi connectivity index (χ4n) is 2.16. The first-order valence-electron chi connectivity index (χ1n) is 6.99. The third-order valence-corrected chi connectivity index (χ3v) is 3.33. The second-order valence-corrected chi connectivity index (χ2v) is 4.99. The maximum Gasteiger partial charge on any atom is 0.276 e. The highest BCUT2D eigenvalue weighted by Crippen LogP contribution is 2.23. The Labute approximate surface area is 124 Å². The number of hydrogen-bond donors (Lipinski definition) is 0. The van der Waals surface area contributed by atoms with Gasteiger partial charge in [0.2, 0.25) is 0 Å². The van der Waals surface area contributed by atoms with Gasteiger partial charge in [-0.05, 0) is 45.0 Å². The molecule has 0 saturated heterocycles. The average Bonchev–Trinajstić information content (AvgIpc) is 2.97. The quantitative estimate of drug-likeness (QED) is 0.847. The summed E-state index contributed by atoms with van der Waals surface area (Å²) >= 11 is 0. The summed E-state index contributed by atoms with van der Waals surface area (Å²) in [6.07, 6.45) is 0. The Morgan fingerprint density at radius 3 is 2.52 bits per heavy atom. The molecule has 112 valence electrons. The van der Waals surface area contributed by atoms with Crippen molar-refractivity contribution in [2.24, 2.45) is 0 Å². The van der Waals surface area contributed by atoms with E-state index in [4.69, 9.17) is 9.26 Å². The van der Waals surface area contributed by atoms with Crippen LogP contribution in [0, 0.1) is 0 Å². The van der Waals surface area contributed by atoms with E-state index < -0.39 is 0 Å². The van der Waals surface area contributed by atoms with E-state index in [-0.39, 0.29) is 11.9 Å². The zero-order valence-electron chi connectivity index (χ0n) is 12.8. The molecule has 2 rings (SSSR count). The largest absolute Gasteiger partial charge is 0.497 e. The standard InChI is InChI=1S/C16H20N2O3/c1-5-18(11(2)3)16(19)14-10-15(21-17-14)12-6-8-13(20-4)9-7-12/h6-11H,5H2,1-4H3. The number of aromatic nitrogens is 1. The molecule has 0 radical (unpaired) electrons. The van der Waals surface area contributed by atoms with Crippen LogP contribution in [-0.2, 0) is 0 Å². The van der Waals surface area contributed by atoms with Crippen LogP contribution < -0.4 is 4.74 Å². The lowest BCUT2D eigenvalue weighted by Gasteiger charge is -2.23. The van der Waals surface area contributed by atoms with Gasteiger partial charge < -0.3 is 14.2 Å². The molecule has 0 saturated carbocycles. The second kappa shape index (κ2) is 6.43. The third-order valence-electron chi connectivity index (χ3n) is 3.33. The molecule has 1 aromatic carbocycles. The van der Waals surface area contributed by atoms with E-state index in [1.54, 1.807) is 18.1 Å². The van der Waals surface area contributed by atoms with Crippen molar-refractivity contribution >= 4 is 5.91 Å². The van der Waals surface area contributed by atoms with Crippen LogP contribution in [0.5, 0.6) is 5.75 Å². The molecule has 1 amide bonds. The van der Waals surface area contributed by atoms with Gasteiger partial charge >= 0.3 is 0 Å². The molecule has 0 aliphatic heterocycles. The van der Waals surface area contributed by atoms with E-state index in [2.05, 4.69) is 5.16 Å². The Kier molecular flexibility index (Phi) is 4.62. The van der Waals surface area contributed by atoms with Gasteiger partial charge in [-0.3, -0.25) is 4.79 Å². The summed E-state index contributed by atoms with van der Waals surface area (Å²) in [7, 11) is 1.62. The van der Waals surface area contributed by atoms with Gasteiger partial charge in [0.1, 0.15) is 5.75 Å². The molecule has 5 nitrogen and oxygen atoms in total. The van der Waals surface area contributed by atoms with E-state index >= 15 is 0 Å². The Morgan fingerprint density at radius 2 is 2.00 bits per heavy atom. The first-order valence-corrected chi connectivity index (χ1v) is 6.99. The minimum absolute atomic E-state index is 0.115. The lowest BCUT2D eigenvalue weighted by Crippen LogP contribution is -2.36. The van der Waals surface area contributed by atoms with Gasteiger partial charge in [0.05, 0.1) is 7.11 Å². The highest BCUT2D eigenvalue weighted by atomic mass is 16.5. The average molecular weight is 288 g/mol. The smallest absolute Gasteiger partial charge is 0.276 e. The Balaban J connectivity index is 2.22. The van der Waals surface area contributed by atoms with Crippen LogP contribution in [0.15, 0.2) is 34.9 Å². The summed E-state index contributed by atoms with van der Waals surface area (Å²) in [6, 6.07) is 9.22. The summed E-state index contributed by atoms with van der Waals surface area (Å²) in [5.41, 5.74) is 1.19. The number of rotatable bonds is 5. The van der Waals surface area contributed by atoms with Gasteiger partial charge in [0.15, 0.2) is 11.5 Å².